The van der Waals surface area contributed by atoms with Gasteiger partial charge in [-0.3, -0.25) is 4.79 Å². The minimum atomic E-state index is -0.977. The first-order valence-electron chi connectivity index (χ1n) is 7.77. The fourth-order valence-electron chi connectivity index (χ4n) is 2.81. The molecule has 0 fully saturated rings. The lowest BCUT2D eigenvalue weighted by atomic mass is 9.92. The molecule has 1 aliphatic carbocycles. The molecule has 1 aliphatic rings. The zero-order valence-corrected chi connectivity index (χ0v) is 14.0. The van der Waals surface area contributed by atoms with Gasteiger partial charge in [0.1, 0.15) is 11.5 Å². The number of fused-ring (bicyclic) bond motifs is 1. The number of ether oxygens (including phenoxy) is 1. The van der Waals surface area contributed by atoms with Crippen LogP contribution in [0.3, 0.4) is 0 Å². The van der Waals surface area contributed by atoms with Gasteiger partial charge in [0.15, 0.2) is 5.60 Å². The molecule has 122 valence electrons. The van der Waals surface area contributed by atoms with Crippen LogP contribution in [0, 0.1) is 0 Å². The fourth-order valence-corrected chi connectivity index (χ4v) is 2.94. The molecule has 1 amide bonds. The predicted octanol–water partition coefficient (Wildman–Crippen LogP) is 4.28. The summed E-state index contributed by atoms with van der Waals surface area (Å²) in [5.74, 6) is 1.44. The van der Waals surface area contributed by atoms with Crippen molar-refractivity contribution in [3.63, 3.8) is 0 Å². The molecule has 23 heavy (non-hydrogen) atoms. The molecule has 3 rings (SSSR count). The highest BCUT2D eigenvalue weighted by Gasteiger charge is 2.33. The van der Waals surface area contributed by atoms with Crippen molar-refractivity contribution in [2.24, 2.45) is 0 Å². The van der Waals surface area contributed by atoms with Crippen molar-refractivity contribution >= 4 is 17.5 Å². The number of hydrogen-bond donors (Lipinski definition) is 1. The van der Waals surface area contributed by atoms with Gasteiger partial charge in [-0.15, -0.1) is 0 Å². The third-order valence-corrected chi connectivity index (χ3v) is 4.34. The van der Waals surface area contributed by atoms with Crippen LogP contribution in [-0.4, -0.2) is 11.5 Å². The second-order valence-corrected chi connectivity index (χ2v) is 6.72. The maximum absolute atomic E-state index is 12.6. The summed E-state index contributed by atoms with van der Waals surface area (Å²) in [7, 11) is 0. The smallest absolute Gasteiger partial charge is 0.264 e. The van der Waals surface area contributed by atoms with E-state index >= 15 is 0 Å². The summed E-state index contributed by atoms with van der Waals surface area (Å²) in [4.78, 5) is 12.6. The Hall–Kier alpha value is -1.94. The van der Waals surface area contributed by atoms with Crippen molar-refractivity contribution in [2.75, 3.05) is 0 Å². The molecule has 0 saturated heterocycles. The maximum atomic E-state index is 12.6. The second-order valence-electron chi connectivity index (χ2n) is 6.28. The minimum absolute atomic E-state index is 0.0157. The van der Waals surface area contributed by atoms with Gasteiger partial charge in [-0.1, -0.05) is 11.6 Å². The van der Waals surface area contributed by atoms with Crippen molar-refractivity contribution in [1.29, 1.82) is 0 Å². The first-order chi connectivity index (χ1) is 11.0. The van der Waals surface area contributed by atoms with Crippen LogP contribution < -0.4 is 10.1 Å². The first-order valence-corrected chi connectivity index (χ1v) is 8.15. The van der Waals surface area contributed by atoms with Crippen LogP contribution >= 0.6 is 11.6 Å². The monoisotopic (exact) mass is 333 g/mol. The van der Waals surface area contributed by atoms with Crippen molar-refractivity contribution in [2.45, 2.75) is 44.8 Å². The van der Waals surface area contributed by atoms with Gasteiger partial charge < -0.3 is 14.5 Å². The van der Waals surface area contributed by atoms with Crippen molar-refractivity contribution in [3.8, 4) is 5.75 Å². The lowest BCUT2D eigenvalue weighted by Crippen LogP contribution is -2.48. The summed E-state index contributed by atoms with van der Waals surface area (Å²) in [6, 6.07) is 8.91. The lowest BCUT2D eigenvalue weighted by Gasteiger charge is -2.29. The highest BCUT2D eigenvalue weighted by molar-refractivity contribution is 6.30. The van der Waals surface area contributed by atoms with Crippen LogP contribution in [0.5, 0.6) is 5.75 Å². The maximum Gasteiger partial charge on any atom is 0.264 e. The van der Waals surface area contributed by atoms with Crippen LogP contribution in [0.15, 0.2) is 41.0 Å². The number of amides is 1. The molecule has 1 N–H and O–H groups in total. The molecule has 5 heteroatoms. The van der Waals surface area contributed by atoms with Crippen LogP contribution in [0.2, 0.25) is 5.02 Å². The largest absolute Gasteiger partial charge is 0.478 e. The van der Waals surface area contributed by atoms with E-state index in [9.17, 15) is 4.79 Å². The molecule has 0 unspecified atom stereocenters. The zero-order chi connectivity index (χ0) is 16.4. The van der Waals surface area contributed by atoms with Gasteiger partial charge in [0.05, 0.1) is 12.3 Å². The number of hydrogen-bond acceptors (Lipinski definition) is 3. The second kappa shape index (κ2) is 6.28. The number of benzene rings is 1. The Bertz CT molecular complexity index is 691. The summed E-state index contributed by atoms with van der Waals surface area (Å²) in [6.07, 6.45) is 4.53. The molecule has 0 aliphatic heterocycles. The van der Waals surface area contributed by atoms with Crippen LogP contribution in [0.25, 0.3) is 0 Å². The Morgan fingerprint density at radius 3 is 2.78 bits per heavy atom. The van der Waals surface area contributed by atoms with E-state index in [2.05, 4.69) is 5.32 Å². The highest BCUT2D eigenvalue weighted by Crippen LogP contribution is 2.31. The summed E-state index contributed by atoms with van der Waals surface area (Å²) in [5, 5.41) is 3.72. The number of carbonyl (C=O) groups excluding carboxylic acids is 1. The Kier molecular flexibility index (Phi) is 4.35. The molecule has 1 atom stereocenters. The van der Waals surface area contributed by atoms with E-state index < -0.39 is 5.60 Å². The topological polar surface area (TPSA) is 51.5 Å². The molecule has 1 aromatic carbocycles. The highest BCUT2D eigenvalue weighted by atomic mass is 35.5. The summed E-state index contributed by atoms with van der Waals surface area (Å²) >= 11 is 5.87. The van der Waals surface area contributed by atoms with Gasteiger partial charge >= 0.3 is 0 Å². The number of aryl methyl sites for hydroxylation is 1. The van der Waals surface area contributed by atoms with Gasteiger partial charge in [-0.25, -0.2) is 0 Å². The van der Waals surface area contributed by atoms with E-state index in [1.807, 2.05) is 6.07 Å². The van der Waals surface area contributed by atoms with Gasteiger partial charge in [-0.05, 0) is 57.0 Å². The summed E-state index contributed by atoms with van der Waals surface area (Å²) in [6.45, 7) is 3.52. The molecule has 4 nitrogen and oxygen atoms in total. The zero-order valence-electron chi connectivity index (χ0n) is 13.3. The molecular formula is C18H20ClNO3. The molecule has 0 spiro atoms. The van der Waals surface area contributed by atoms with Crippen molar-refractivity contribution < 1.29 is 13.9 Å². The minimum Gasteiger partial charge on any atom is -0.478 e. The van der Waals surface area contributed by atoms with E-state index in [0.29, 0.717) is 10.8 Å². The van der Waals surface area contributed by atoms with Crippen LogP contribution in [-0.2, 0) is 11.2 Å². The number of carbonyl (C=O) groups is 1. The van der Waals surface area contributed by atoms with Gasteiger partial charge in [0.25, 0.3) is 5.91 Å². The van der Waals surface area contributed by atoms with E-state index in [4.69, 9.17) is 20.8 Å². The van der Waals surface area contributed by atoms with Gasteiger partial charge in [-0.2, -0.15) is 0 Å². The summed E-state index contributed by atoms with van der Waals surface area (Å²) < 4.78 is 11.3. The quantitative estimate of drug-likeness (QED) is 0.908. The number of halogens is 1. The average molecular weight is 334 g/mol. The lowest BCUT2D eigenvalue weighted by molar-refractivity contribution is -0.135. The molecule has 0 saturated carbocycles. The van der Waals surface area contributed by atoms with Crippen LogP contribution in [0.1, 0.15) is 44.1 Å². The number of nitrogens with one attached hydrogen (secondary N) is 1. The first kappa shape index (κ1) is 15.9. The van der Waals surface area contributed by atoms with E-state index in [1.165, 1.54) is 0 Å². The Labute approximate surface area is 140 Å². The molecular weight excluding hydrogens is 314 g/mol. The third-order valence-electron chi connectivity index (χ3n) is 4.09. The molecule has 0 radical (unpaired) electrons. The molecule has 2 aromatic rings. The molecule has 1 heterocycles. The normalized spacial score (nSPS) is 17.4. The molecule has 0 bridgehead atoms. The SMILES string of the molecule is CC(C)(Oc1ccc(Cl)cc1)C(=O)N[C@H]1CCCc2occc21. The molecule has 1 aromatic heterocycles. The van der Waals surface area contributed by atoms with E-state index in [-0.39, 0.29) is 11.9 Å². The van der Waals surface area contributed by atoms with E-state index in [1.54, 1.807) is 44.4 Å². The fraction of sp³-hybridized carbons (Fsp3) is 0.389. The Morgan fingerprint density at radius 1 is 1.30 bits per heavy atom. The number of rotatable bonds is 4. The van der Waals surface area contributed by atoms with Crippen molar-refractivity contribution in [1.82, 2.24) is 5.32 Å². The standard InChI is InChI=1S/C18H20ClNO3/c1-18(2,23-13-8-6-12(19)7-9-13)17(21)20-15-4-3-5-16-14(15)10-11-22-16/h6-11,15H,3-5H2,1-2H3,(H,20,21)/t15-/m0/s1. The van der Waals surface area contributed by atoms with Crippen molar-refractivity contribution in [3.05, 3.63) is 52.9 Å². The van der Waals surface area contributed by atoms with Gasteiger partial charge in [0, 0.05) is 17.0 Å². The average Bonchev–Trinajstić information content (AvgIpc) is 2.99. The Morgan fingerprint density at radius 2 is 2.04 bits per heavy atom. The van der Waals surface area contributed by atoms with Gasteiger partial charge in [0.2, 0.25) is 0 Å². The van der Waals surface area contributed by atoms with E-state index in [0.717, 1.165) is 30.6 Å². The van der Waals surface area contributed by atoms with Crippen LogP contribution in [0.4, 0.5) is 0 Å². The predicted molar refractivity (Wildman–Crippen MR) is 88.7 cm³/mol. The number of furan rings is 1. The summed E-state index contributed by atoms with van der Waals surface area (Å²) in [5.41, 5.74) is 0.0988. The Balaban J connectivity index is 1.69. The third kappa shape index (κ3) is 3.53.